The lowest BCUT2D eigenvalue weighted by atomic mass is 10.1. The quantitative estimate of drug-likeness (QED) is 0.460. The van der Waals surface area contributed by atoms with Gasteiger partial charge in [0.25, 0.3) is 0 Å². The van der Waals surface area contributed by atoms with Crippen LogP contribution in [0.25, 0.3) is 44.6 Å². The number of pyridine rings is 4. The molecule has 0 aliphatic heterocycles. The fourth-order valence-electron chi connectivity index (χ4n) is 3.03. The summed E-state index contributed by atoms with van der Waals surface area (Å²) >= 11 is 0. The molecule has 0 amide bonds. The predicted molar refractivity (Wildman–Crippen MR) is 104 cm³/mol. The standard InChI is InChI=1S/C22H14N4/c1-2-5-15(6-3-1)19-10-8-16-9-11-20(26-22(16)25-19)18-13-17-7-4-12-23-21(17)24-14-18/h1-14H. The van der Waals surface area contributed by atoms with E-state index in [-0.39, 0.29) is 0 Å². The molecule has 0 unspecified atom stereocenters. The first-order chi connectivity index (χ1) is 12.9. The van der Waals surface area contributed by atoms with E-state index in [9.17, 15) is 0 Å². The van der Waals surface area contributed by atoms with E-state index in [0.29, 0.717) is 0 Å². The number of hydrogen-bond acceptors (Lipinski definition) is 4. The molecule has 5 rings (SSSR count). The summed E-state index contributed by atoms with van der Waals surface area (Å²) < 4.78 is 0. The van der Waals surface area contributed by atoms with Gasteiger partial charge >= 0.3 is 0 Å². The Morgan fingerprint density at radius 2 is 1.31 bits per heavy atom. The topological polar surface area (TPSA) is 51.6 Å². The zero-order chi connectivity index (χ0) is 17.3. The van der Waals surface area contributed by atoms with E-state index in [1.807, 2.05) is 54.7 Å². The van der Waals surface area contributed by atoms with E-state index < -0.39 is 0 Å². The van der Waals surface area contributed by atoms with E-state index >= 15 is 0 Å². The number of benzene rings is 1. The van der Waals surface area contributed by atoms with Crippen LogP contribution in [-0.4, -0.2) is 19.9 Å². The monoisotopic (exact) mass is 334 g/mol. The molecule has 0 saturated heterocycles. The minimum Gasteiger partial charge on any atom is -0.237 e. The highest BCUT2D eigenvalue weighted by molar-refractivity contribution is 5.83. The SMILES string of the molecule is c1ccc(-c2ccc3ccc(-c4cnc5ncccc5c4)nc3n2)cc1. The number of rotatable bonds is 2. The minimum absolute atomic E-state index is 0.732. The Morgan fingerprint density at radius 1 is 0.538 bits per heavy atom. The number of hydrogen-bond donors (Lipinski definition) is 0. The van der Waals surface area contributed by atoms with Crippen molar-refractivity contribution in [3.63, 3.8) is 0 Å². The Kier molecular flexibility index (Phi) is 3.39. The maximum Gasteiger partial charge on any atom is 0.160 e. The highest BCUT2D eigenvalue weighted by Crippen LogP contribution is 2.24. The van der Waals surface area contributed by atoms with Crippen LogP contribution in [0.15, 0.2) is 85.2 Å². The van der Waals surface area contributed by atoms with Crippen molar-refractivity contribution in [3.05, 3.63) is 85.2 Å². The maximum absolute atomic E-state index is 4.77. The molecule has 0 aliphatic rings. The molecule has 0 N–H and O–H groups in total. The summed E-state index contributed by atoms with van der Waals surface area (Å²) in [5, 5.41) is 2.02. The van der Waals surface area contributed by atoms with Gasteiger partial charge in [-0.25, -0.2) is 19.9 Å². The van der Waals surface area contributed by atoms with Gasteiger partial charge in [-0.1, -0.05) is 30.3 Å². The summed E-state index contributed by atoms with van der Waals surface area (Å²) in [7, 11) is 0. The van der Waals surface area contributed by atoms with Crippen LogP contribution in [0.3, 0.4) is 0 Å². The van der Waals surface area contributed by atoms with Crippen molar-refractivity contribution < 1.29 is 0 Å². The van der Waals surface area contributed by atoms with Crippen LogP contribution >= 0.6 is 0 Å². The molecule has 4 nitrogen and oxygen atoms in total. The second-order valence-electron chi connectivity index (χ2n) is 6.08. The highest BCUT2D eigenvalue weighted by atomic mass is 14.9. The van der Waals surface area contributed by atoms with Crippen molar-refractivity contribution >= 4 is 22.1 Å². The van der Waals surface area contributed by atoms with Crippen LogP contribution in [0.4, 0.5) is 0 Å². The Labute approximate surface area is 150 Å². The molecule has 122 valence electrons. The summed E-state index contributed by atoms with van der Waals surface area (Å²) in [6.45, 7) is 0. The number of nitrogens with zero attached hydrogens (tertiary/aromatic N) is 4. The van der Waals surface area contributed by atoms with Gasteiger partial charge in [-0.05, 0) is 42.5 Å². The predicted octanol–water partition coefficient (Wildman–Crippen LogP) is 4.91. The lowest BCUT2D eigenvalue weighted by Crippen LogP contribution is -1.92. The summed E-state index contributed by atoms with van der Waals surface area (Å²) in [6.07, 6.45) is 3.56. The van der Waals surface area contributed by atoms with E-state index in [2.05, 4.69) is 34.2 Å². The van der Waals surface area contributed by atoms with Crippen molar-refractivity contribution in [1.29, 1.82) is 0 Å². The van der Waals surface area contributed by atoms with Gasteiger partial charge in [-0.15, -0.1) is 0 Å². The Balaban J connectivity index is 1.63. The van der Waals surface area contributed by atoms with Crippen molar-refractivity contribution in [2.75, 3.05) is 0 Å². The second kappa shape index (κ2) is 6.01. The normalized spacial score (nSPS) is 11.1. The summed E-state index contributed by atoms with van der Waals surface area (Å²) in [5.74, 6) is 0. The van der Waals surface area contributed by atoms with Crippen molar-refractivity contribution in [2.45, 2.75) is 0 Å². The molecular weight excluding hydrogens is 320 g/mol. The van der Waals surface area contributed by atoms with E-state index in [4.69, 9.17) is 9.97 Å². The fourth-order valence-corrected chi connectivity index (χ4v) is 3.03. The Hall–Kier alpha value is -3.66. The lowest BCUT2D eigenvalue weighted by molar-refractivity contribution is 1.26. The van der Waals surface area contributed by atoms with E-state index in [1.54, 1.807) is 6.20 Å². The van der Waals surface area contributed by atoms with Crippen molar-refractivity contribution in [3.8, 4) is 22.5 Å². The number of aromatic nitrogens is 4. The molecule has 0 atom stereocenters. The molecular formula is C22H14N4. The lowest BCUT2D eigenvalue weighted by Gasteiger charge is -2.06. The van der Waals surface area contributed by atoms with Gasteiger partial charge in [-0.2, -0.15) is 0 Å². The summed E-state index contributed by atoms with van der Waals surface area (Å²) in [4.78, 5) is 18.2. The third-order valence-corrected chi connectivity index (χ3v) is 4.37. The first-order valence-corrected chi connectivity index (χ1v) is 8.41. The molecule has 0 saturated carbocycles. The number of fused-ring (bicyclic) bond motifs is 2. The third kappa shape index (κ3) is 2.58. The van der Waals surface area contributed by atoms with Crippen LogP contribution < -0.4 is 0 Å². The maximum atomic E-state index is 4.77. The van der Waals surface area contributed by atoms with Gasteiger partial charge in [0.1, 0.15) is 0 Å². The van der Waals surface area contributed by atoms with Gasteiger partial charge in [0.05, 0.1) is 11.4 Å². The molecule has 0 fully saturated rings. The second-order valence-corrected chi connectivity index (χ2v) is 6.08. The highest BCUT2D eigenvalue weighted by Gasteiger charge is 2.07. The summed E-state index contributed by atoms with van der Waals surface area (Å²) in [6, 6.07) is 24.3. The molecule has 0 radical (unpaired) electrons. The van der Waals surface area contributed by atoms with Crippen LogP contribution in [0.1, 0.15) is 0 Å². The van der Waals surface area contributed by atoms with E-state index in [0.717, 1.165) is 44.6 Å². The molecule has 0 spiro atoms. The molecule has 4 heteroatoms. The van der Waals surface area contributed by atoms with Gasteiger partial charge in [0.2, 0.25) is 0 Å². The zero-order valence-electron chi connectivity index (χ0n) is 13.9. The first-order valence-electron chi connectivity index (χ1n) is 8.41. The summed E-state index contributed by atoms with van der Waals surface area (Å²) in [5.41, 5.74) is 5.29. The Morgan fingerprint density at radius 3 is 2.12 bits per heavy atom. The van der Waals surface area contributed by atoms with Crippen LogP contribution in [0.5, 0.6) is 0 Å². The molecule has 5 aromatic rings. The van der Waals surface area contributed by atoms with Gasteiger partial charge in [-0.3, -0.25) is 0 Å². The van der Waals surface area contributed by atoms with Crippen molar-refractivity contribution in [2.24, 2.45) is 0 Å². The van der Waals surface area contributed by atoms with E-state index in [1.165, 1.54) is 0 Å². The molecule has 4 heterocycles. The van der Waals surface area contributed by atoms with Crippen LogP contribution in [0.2, 0.25) is 0 Å². The van der Waals surface area contributed by atoms with Gasteiger partial charge < -0.3 is 0 Å². The average molecular weight is 334 g/mol. The van der Waals surface area contributed by atoms with Gasteiger partial charge in [0.15, 0.2) is 11.3 Å². The van der Waals surface area contributed by atoms with Crippen LogP contribution in [-0.2, 0) is 0 Å². The molecule has 1 aromatic carbocycles. The molecule has 0 bridgehead atoms. The average Bonchev–Trinajstić information content (AvgIpc) is 2.73. The van der Waals surface area contributed by atoms with Crippen molar-refractivity contribution in [1.82, 2.24) is 19.9 Å². The molecule has 0 aliphatic carbocycles. The third-order valence-electron chi connectivity index (χ3n) is 4.37. The molecule has 26 heavy (non-hydrogen) atoms. The first kappa shape index (κ1) is 14.7. The zero-order valence-corrected chi connectivity index (χ0v) is 13.9. The molecule has 4 aromatic heterocycles. The minimum atomic E-state index is 0.732. The van der Waals surface area contributed by atoms with Crippen LogP contribution in [0, 0.1) is 0 Å². The van der Waals surface area contributed by atoms with Gasteiger partial charge in [0, 0.05) is 34.3 Å². The fraction of sp³-hybridized carbons (Fsp3) is 0. The Bertz CT molecular complexity index is 1230. The largest absolute Gasteiger partial charge is 0.237 e. The smallest absolute Gasteiger partial charge is 0.160 e.